The second-order valence-electron chi connectivity index (χ2n) is 5.16. The molecule has 2 aromatic rings. The fourth-order valence-corrected chi connectivity index (χ4v) is 3.19. The first-order chi connectivity index (χ1) is 11.1. The molecule has 0 aliphatic carbocycles. The second-order valence-corrected chi connectivity index (χ2v) is 6.18. The van der Waals surface area contributed by atoms with Crippen LogP contribution in [0.1, 0.15) is 18.0 Å². The highest BCUT2D eigenvalue weighted by Crippen LogP contribution is 2.31. The number of nitrogens with one attached hydrogen (secondary N) is 1. The van der Waals surface area contributed by atoms with E-state index in [-0.39, 0.29) is 22.6 Å². The average molecular weight is 335 g/mol. The summed E-state index contributed by atoms with van der Waals surface area (Å²) in [7, 11) is 0. The Morgan fingerprint density at radius 1 is 1.26 bits per heavy atom. The van der Waals surface area contributed by atoms with E-state index < -0.39 is 11.6 Å². The van der Waals surface area contributed by atoms with E-state index in [2.05, 4.69) is 5.32 Å². The van der Waals surface area contributed by atoms with Gasteiger partial charge in [0.25, 0.3) is 0 Å². The number of halogens is 2. The summed E-state index contributed by atoms with van der Waals surface area (Å²) in [5.74, 6) is -0.627. The summed E-state index contributed by atoms with van der Waals surface area (Å²) in [6, 6.07) is 10.8. The lowest BCUT2D eigenvalue weighted by atomic mass is 10.0. The molecule has 1 N–H and O–H groups in total. The maximum Gasteiger partial charge on any atom is 0.230 e. The molecule has 23 heavy (non-hydrogen) atoms. The van der Waals surface area contributed by atoms with Crippen LogP contribution in [0, 0.1) is 11.6 Å². The predicted octanol–water partition coefficient (Wildman–Crippen LogP) is 3.70. The van der Waals surface area contributed by atoms with Gasteiger partial charge in [-0.3, -0.25) is 4.79 Å². The summed E-state index contributed by atoms with van der Waals surface area (Å²) < 4.78 is 32.0. The van der Waals surface area contributed by atoms with Crippen molar-refractivity contribution in [2.75, 3.05) is 12.4 Å². The van der Waals surface area contributed by atoms with Crippen molar-refractivity contribution in [2.24, 2.45) is 0 Å². The number of hydrogen-bond donors (Lipinski definition) is 1. The van der Waals surface area contributed by atoms with E-state index in [0.717, 1.165) is 29.1 Å². The number of benzene rings is 2. The Hall–Kier alpha value is -2.08. The maximum atomic E-state index is 13.5. The van der Waals surface area contributed by atoms with E-state index in [0.29, 0.717) is 13.0 Å². The number of rotatable bonds is 4. The number of carbonyl (C=O) groups excluding carboxylic acids is 1. The Kier molecular flexibility index (Phi) is 4.81. The minimum atomic E-state index is -0.654. The molecule has 0 fully saturated rings. The van der Waals surface area contributed by atoms with Gasteiger partial charge in [-0.05, 0) is 18.2 Å². The smallest absolute Gasteiger partial charge is 0.230 e. The van der Waals surface area contributed by atoms with Gasteiger partial charge in [0.05, 0.1) is 18.4 Å². The third-order valence-electron chi connectivity index (χ3n) is 3.55. The van der Waals surface area contributed by atoms with Gasteiger partial charge in [0.15, 0.2) is 0 Å². The van der Waals surface area contributed by atoms with Crippen LogP contribution >= 0.6 is 11.8 Å². The van der Waals surface area contributed by atoms with Crippen LogP contribution in [0.25, 0.3) is 0 Å². The maximum absolute atomic E-state index is 13.5. The molecule has 2 aromatic carbocycles. The summed E-state index contributed by atoms with van der Waals surface area (Å²) >= 11 is 1.05. The monoisotopic (exact) mass is 335 g/mol. The summed E-state index contributed by atoms with van der Waals surface area (Å²) in [6.07, 6.45) is 0.693. The van der Waals surface area contributed by atoms with E-state index in [4.69, 9.17) is 4.74 Å². The van der Waals surface area contributed by atoms with E-state index >= 15 is 0 Å². The molecule has 0 saturated carbocycles. The van der Waals surface area contributed by atoms with Gasteiger partial charge in [-0.1, -0.05) is 18.2 Å². The Morgan fingerprint density at radius 3 is 2.91 bits per heavy atom. The minimum Gasteiger partial charge on any atom is -0.493 e. The van der Waals surface area contributed by atoms with Crippen LogP contribution in [-0.4, -0.2) is 18.3 Å². The Labute approximate surface area is 137 Å². The third kappa shape index (κ3) is 3.82. The highest BCUT2D eigenvalue weighted by atomic mass is 32.2. The van der Waals surface area contributed by atoms with Crippen LogP contribution in [0.4, 0.5) is 8.78 Å². The molecule has 1 amide bonds. The molecule has 1 heterocycles. The summed E-state index contributed by atoms with van der Waals surface area (Å²) in [5.41, 5.74) is 0.949. The largest absolute Gasteiger partial charge is 0.493 e. The fraction of sp³-hybridized carbons (Fsp3) is 0.235. The van der Waals surface area contributed by atoms with E-state index in [1.807, 2.05) is 24.3 Å². The van der Waals surface area contributed by atoms with Crippen molar-refractivity contribution in [3.8, 4) is 5.75 Å². The van der Waals surface area contributed by atoms with Gasteiger partial charge in [0.2, 0.25) is 5.91 Å². The number of amides is 1. The number of thioether (sulfide) groups is 1. The molecular weight excluding hydrogens is 320 g/mol. The molecule has 3 rings (SSSR count). The van der Waals surface area contributed by atoms with Crippen molar-refractivity contribution in [3.05, 3.63) is 59.7 Å². The van der Waals surface area contributed by atoms with Crippen LogP contribution in [0.15, 0.2) is 47.4 Å². The Balaban J connectivity index is 1.60. The van der Waals surface area contributed by atoms with Gasteiger partial charge < -0.3 is 10.1 Å². The molecule has 0 saturated heterocycles. The third-order valence-corrected chi connectivity index (χ3v) is 4.60. The van der Waals surface area contributed by atoms with Crippen LogP contribution in [0.5, 0.6) is 5.75 Å². The van der Waals surface area contributed by atoms with E-state index in [1.54, 1.807) is 0 Å². The van der Waals surface area contributed by atoms with Crippen LogP contribution in [0.3, 0.4) is 0 Å². The first-order valence-electron chi connectivity index (χ1n) is 7.22. The van der Waals surface area contributed by atoms with Crippen molar-refractivity contribution < 1.29 is 18.3 Å². The number of carbonyl (C=O) groups is 1. The summed E-state index contributed by atoms with van der Waals surface area (Å²) in [4.78, 5) is 12.4. The van der Waals surface area contributed by atoms with Gasteiger partial charge in [0, 0.05) is 22.9 Å². The lowest BCUT2D eigenvalue weighted by Gasteiger charge is -2.26. The molecule has 1 aliphatic rings. The fourth-order valence-electron chi connectivity index (χ4n) is 2.46. The molecule has 1 atom stereocenters. The highest BCUT2D eigenvalue weighted by Gasteiger charge is 2.22. The van der Waals surface area contributed by atoms with Crippen molar-refractivity contribution in [1.29, 1.82) is 0 Å². The topological polar surface area (TPSA) is 38.3 Å². The SMILES string of the molecule is O=C(CSc1ccc(F)cc1F)NC1CCOc2ccccc21. The first kappa shape index (κ1) is 15.8. The zero-order valence-corrected chi connectivity index (χ0v) is 13.0. The number of hydrogen-bond acceptors (Lipinski definition) is 3. The minimum absolute atomic E-state index is 0.0715. The van der Waals surface area contributed by atoms with Gasteiger partial charge >= 0.3 is 0 Å². The van der Waals surface area contributed by atoms with E-state index in [9.17, 15) is 13.6 Å². The lowest BCUT2D eigenvalue weighted by molar-refractivity contribution is -0.119. The van der Waals surface area contributed by atoms with Crippen molar-refractivity contribution in [3.63, 3.8) is 0 Å². The Bertz CT molecular complexity index is 723. The van der Waals surface area contributed by atoms with Gasteiger partial charge in [-0.2, -0.15) is 0 Å². The number of ether oxygens (including phenoxy) is 1. The predicted molar refractivity (Wildman–Crippen MR) is 84.5 cm³/mol. The quantitative estimate of drug-likeness (QED) is 0.866. The molecule has 3 nitrogen and oxygen atoms in total. The van der Waals surface area contributed by atoms with Gasteiger partial charge in [-0.25, -0.2) is 8.78 Å². The van der Waals surface area contributed by atoms with E-state index in [1.165, 1.54) is 12.1 Å². The standard InChI is InChI=1S/C17H15F2NO2S/c18-11-5-6-16(13(19)9-11)23-10-17(21)20-14-7-8-22-15-4-2-1-3-12(14)15/h1-6,9,14H,7-8,10H2,(H,20,21). The highest BCUT2D eigenvalue weighted by molar-refractivity contribution is 8.00. The number of fused-ring (bicyclic) bond motifs is 1. The molecule has 1 unspecified atom stereocenters. The van der Waals surface area contributed by atoms with Crippen molar-refractivity contribution in [2.45, 2.75) is 17.4 Å². The van der Waals surface area contributed by atoms with Gasteiger partial charge in [-0.15, -0.1) is 11.8 Å². The lowest BCUT2D eigenvalue weighted by Crippen LogP contribution is -2.33. The zero-order chi connectivity index (χ0) is 16.2. The molecule has 1 aliphatic heterocycles. The zero-order valence-electron chi connectivity index (χ0n) is 12.2. The molecule has 120 valence electrons. The van der Waals surface area contributed by atoms with Crippen LogP contribution in [0.2, 0.25) is 0 Å². The molecule has 0 spiro atoms. The average Bonchev–Trinajstić information content (AvgIpc) is 2.54. The van der Waals surface area contributed by atoms with Crippen LogP contribution < -0.4 is 10.1 Å². The van der Waals surface area contributed by atoms with Gasteiger partial charge in [0.1, 0.15) is 17.4 Å². The van der Waals surface area contributed by atoms with Crippen LogP contribution in [-0.2, 0) is 4.79 Å². The molecule has 0 aromatic heterocycles. The Morgan fingerprint density at radius 2 is 2.09 bits per heavy atom. The molecule has 6 heteroatoms. The second kappa shape index (κ2) is 7.00. The summed E-state index contributed by atoms with van der Waals surface area (Å²) in [6.45, 7) is 0.543. The molecule has 0 bridgehead atoms. The number of para-hydroxylation sites is 1. The van der Waals surface area contributed by atoms with Crippen molar-refractivity contribution >= 4 is 17.7 Å². The van der Waals surface area contributed by atoms with Crippen molar-refractivity contribution in [1.82, 2.24) is 5.32 Å². The molecular formula is C17H15F2NO2S. The summed E-state index contributed by atoms with van der Waals surface area (Å²) in [5, 5.41) is 2.94. The normalized spacial score (nSPS) is 16.3. The first-order valence-corrected chi connectivity index (χ1v) is 8.21. The molecule has 0 radical (unpaired) electrons.